The van der Waals surface area contributed by atoms with E-state index in [2.05, 4.69) is 0 Å². The number of rotatable bonds is 7. The predicted octanol–water partition coefficient (Wildman–Crippen LogP) is 0.998. The fourth-order valence-electron chi connectivity index (χ4n) is 2.44. The van der Waals surface area contributed by atoms with E-state index in [0.29, 0.717) is 38.9 Å². The van der Waals surface area contributed by atoms with Crippen LogP contribution in [0.3, 0.4) is 0 Å². The lowest BCUT2D eigenvalue weighted by molar-refractivity contribution is -0.148. The van der Waals surface area contributed by atoms with Crippen molar-refractivity contribution in [2.24, 2.45) is 5.41 Å². The second kappa shape index (κ2) is 6.02. The Morgan fingerprint density at radius 1 is 1.33 bits per heavy atom. The molecule has 0 aromatic rings. The molecule has 1 fully saturated rings. The van der Waals surface area contributed by atoms with Gasteiger partial charge in [-0.15, -0.1) is 0 Å². The Hall–Kier alpha value is -0.620. The Morgan fingerprint density at radius 3 is 2.44 bits per heavy atom. The summed E-state index contributed by atoms with van der Waals surface area (Å²) >= 11 is 0. The van der Waals surface area contributed by atoms with Crippen LogP contribution in [0.4, 0.5) is 0 Å². The van der Waals surface area contributed by atoms with E-state index < -0.39 is 21.2 Å². The average Bonchev–Trinajstić information content (AvgIpc) is 2.71. The van der Waals surface area contributed by atoms with Crippen molar-refractivity contribution in [2.45, 2.75) is 33.1 Å². The SMILES string of the molecule is CCCS(=O)(=O)CCN1CCC(CC)(C(=O)O)C1. The normalized spacial score (nSPS) is 25.4. The van der Waals surface area contributed by atoms with Gasteiger partial charge < -0.3 is 10.0 Å². The first kappa shape index (κ1) is 15.4. The van der Waals surface area contributed by atoms with Gasteiger partial charge in [-0.25, -0.2) is 8.42 Å². The Labute approximate surface area is 109 Å². The summed E-state index contributed by atoms with van der Waals surface area (Å²) in [5.41, 5.74) is -0.672. The molecule has 1 rings (SSSR count). The summed E-state index contributed by atoms with van der Waals surface area (Å²) in [7, 11) is -2.97. The van der Waals surface area contributed by atoms with Crippen LogP contribution in [0.2, 0.25) is 0 Å². The molecule has 0 aromatic carbocycles. The maximum atomic E-state index is 11.6. The van der Waals surface area contributed by atoms with Gasteiger partial charge in [0.2, 0.25) is 0 Å². The van der Waals surface area contributed by atoms with E-state index in [9.17, 15) is 18.3 Å². The van der Waals surface area contributed by atoms with Crippen LogP contribution in [0.1, 0.15) is 33.1 Å². The van der Waals surface area contributed by atoms with E-state index in [1.807, 2.05) is 18.7 Å². The molecule has 0 aliphatic carbocycles. The first-order chi connectivity index (χ1) is 8.35. The van der Waals surface area contributed by atoms with Crippen molar-refractivity contribution in [1.82, 2.24) is 4.90 Å². The van der Waals surface area contributed by atoms with Gasteiger partial charge in [-0.1, -0.05) is 13.8 Å². The summed E-state index contributed by atoms with van der Waals surface area (Å²) in [4.78, 5) is 13.2. The minimum absolute atomic E-state index is 0.139. The number of carboxylic acids is 1. The van der Waals surface area contributed by atoms with Crippen molar-refractivity contribution in [3.63, 3.8) is 0 Å². The number of hydrogen-bond acceptors (Lipinski definition) is 4. The third-order valence-corrected chi connectivity index (χ3v) is 5.63. The molecule has 0 saturated carbocycles. The van der Waals surface area contributed by atoms with Gasteiger partial charge in [0.1, 0.15) is 0 Å². The second-order valence-electron chi connectivity index (χ2n) is 5.12. The van der Waals surface area contributed by atoms with Crippen molar-refractivity contribution < 1.29 is 18.3 Å². The standard InChI is InChI=1S/C12H23NO4S/c1-3-8-18(16,17)9-7-13-6-5-12(4-2,10-13)11(14)15/h3-10H2,1-2H3,(H,14,15). The molecule has 0 radical (unpaired) electrons. The van der Waals surface area contributed by atoms with Gasteiger partial charge in [0, 0.05) is 18.8 Å². The van der Waals surface area contributed by atoms with Crippen LogP contribution in [0.25, 0.3) is 0 Å². The molecule has 0 aromatic heterocycles. The molecule has 1 aliphatic heterocycles. The smallest absolute Gasteiger partial charge is 0.310 e. The van der Waals surface area contributed by atoms with E-state index in [0.717, 1.165) is 0 Å². The van der Waals surface area contributed by atoms with Crippen LogP contribution in [-0.4, -0.2) is 55.5 Å². The van der Waals surface area contributed by atoms with Gasteiger partial charge >= 0.3 is 5.97 Å². The lowest BCUT2D eigenvalue weighted by Gasteiger charge is -2.23. The van der Waals surface area contributed by atoms with Crippen LogP contribution in [0, 0.1) is 5.41 Å². The number of aliphatic carboxylic acids is 1. The molecule has 5 nitrogen and oxygen atoms in total. The largest absolute Gasteiger partial charge is 0.481 e. The third-order valence-electron chi connectivity index (χ3n) is 3.80. The zero-order valence-electron chi connectivity index (χ0n) is 11.2. The number of nitrogens with zero attached hydrogens (tertiary/aromatic N) is 1. The molecule has 1 heterocycles. The van der Waals surface area contributed by atoms with Crippen molar-refractivity contribution in [1.29, 1.82) is 0 Å². The molecular weight excluding hydrogens is 254 g/mol. The molecule has 18 heavy (non-hydrogen) atoms. The van der Waals surface area contributed by atoms with E-state index in [1.54, 1.807) is 0 Å². The van der Waals surface area contributed by atoms with Crippen LogP contribution >= 0.6 is 0 Å². The van der Waals surface area contributed by atoms with Gasteiger partial charge in [0.15, 0.2) is 9.84 Å². The lowest BCUT2D eigenvalue weighted by atomic mass is 9.84. The topological polar surface area (TPSA) is 74.7 Å². The maximum Gasteiger partial charge on any atom is 0.310 e. The zero-order valence-corrected chi connectivity index (χ0v) is 12.0. The molecule has 1 atom stereocenters. The molecule has 0 amide bonds. The van der Waals surface area contributed by atoms with E-state index in [1.165, 1.54) is 0 Å². The molecular formula is C12H23NO4S. The highest BCUT2D eigenvalue weighted by atomic mass is 32.2. The molecule has 6 heteroatoms. The molecule has 1 unspecified atom stereocenters. The number of hydrogen-bond donors (Lipinski definition) is 1. The van der Waals surface area contributed by atoms with Gasteiger partial charge in [-0.2, -0.15) is 0 Å². The number of carboxylic acid groups (broad SMARTS) is 1. The lowest BCUT2D eigenvalue weighted by Crippen LogP contribution is -2.35. The highest BCUT2D eigenvalue weighted by molar-refractivity contribution is 7.91. The summed E-state index contributed by atoms with van der Waals surface area (Å²) in [5.74, 6) is -0.400. The minimum Gasteiger partial charge on any atom is -0.481 e. The fourth-order valence-corrected chi connectivity index (χ4v) is 3.81. The van der Waals surface area contributed by atoms with Crippen LogP contribution in [0.15, 0.2) is 0 Å². The fraction of sp³-hybridized carbons (Fsp3) is 0.917. The van der Waals surface area contributed by atoms with Crippen molar-refractivity contribution in [2.75, 3.05) is 31.1 Å². The van der Waals surface area contributed by atoms with Crippen molar-refractivity contribution in [3.05, 3.63) is 0 Å². The molecule has 0 spiro atoms. The first-order valence-corrected chi connectivity index (χ1v) is 8.33. The van der Waals surface area contributed by atoms with Crippen molar-refractivity contribution >= 4 is 15.8 Å². The molecule has 0 bridgehead atoms. The molecule has 1 aliphatic rings. The summed E-state index contributed by atoms with van der Waals surface area (Å²) in [6.07, 6.45) is 1.85. The van der Waals surface area contributed by atoms with E-state index in [4.69, 9.17) is 0 Å². The van der Waals surface area contributed by atoms with Crippen LogP contribution in [0.5, 0.6) is 0 Å². The van der Waals surface area contributed by atoms with Gasteiger partial charge in [0.05, 0.1) is 11.2 Å². The number of sulfone groups is 1. The van der Waals surface area contributed by atoms with Gasteiger partial charge in [-0.05, 0) is 25.8 Å². The Bertz CT molecular complexity index is 393. The molecule has 106 valence electrons. The van der Waals surface area contributed by atoms with Gasteiger partial charge in [0.25, 0.3) is 0 Å². The van der Waals surface area contributed by atoms with Crippen LogP contribution < -0.4 is 0 Å². The first-order valence-electron chi connectivity index (χ1n) is 6.51. The maximum absolute atomic E-state index is 11.6. The number of carbonyl (C=O) groups is 1. The van der Waals surface area contributed by atoms with Crippen LogP contribution in [-0.2, 0) is 14.6 Å². The monoisotopic (exact) mass is 277 g/mol. The zero-order chi connectivity index (χ0) is 13.8. The average molecular weight is 277 g/mol. The molecule has 1 saturated heterocycles. The third kappa shape index (κ3) is 3.68. The van der Waals surface area contributed by atoms with E-state index in [-0.39, 0.29) is 11.5 Å². The quantitative estimate of drug-likeness (QED) is 0.751. The Morgan fingerprint density at radius 2 is 2.00 bits per heavy atom. The second-order valence-corrected chi connectivity index (χ2v) is 7.42. The van der Waals surface area contributed by atoms with Gasteiger partial charge in [-0.3, -0.25) is 4.79 Å². The Balaban J connectivity index is 2.51. The number of likely N-dealkylation sites (tertiary alicyclic amines) is 1. The summed E-state index contributed by atoms with van der Waals surface area (Å²) in [6.45, 7) is 5.34. The summed E-state index contributed by atoms with van der Waals surface area (Å²) in [6, 6.07) is 0. The minimum atomic E-state index is -2.97. The van der Waals surface area contributed by atoms with E-state index >= 15 is 0 Å². The summed E-state index contributed by atoms with van der Waals surface area (Å²) in [5, 5.41) is 9.25. The van der Waals surface area contributed by atoms with Crippen molar-refractivity contribution in [3.8, 4) is 0 Å². The molecule has 1 N–H and O–H groups in total. The highest BCUT2D eigenvalue weighted by Crippen LogP contribution is 2.33. The predicted molar refractivity (Wildman–Crippen MR) is 70.4 cm³/mol. The summed E-state index contributed by atoms with van der Waals surface area (Å²) < 4.78 is 23.2. The highest BCUT2D eigenvalue weighted by Gasteiger charge is 2.43. The Kier molecular flexibility index (Phi) is 5.16.